The van der Waals surface area contributed by atoms with E-state index in [1.807, 2.05) is 26.0 Å². The molecule has 0 aliphatic carbocycles. The van der Waals surface area contributed by atoms with E-state index in [9.17, 15) is 9.59 Å². The van der Waals surface area contributed by atoms with Crippen LogP contribution in [0.4, 0.5) is 5.69 Å². The Kier molecular flexibility index (Phi) is 4.43. The summed E-state index contributed by atoms with van der Waals surface area (Å²) < 4.78 is 0. The van der Waals surface area contributed by atoms with Gasteiger partial charge in [-0.05, 0) is 43.2 Å². The zero-order valence-corrected chi connectivity index (χ0v) is 15.1. The lowest BCUT2D eigenvalue weighted by Gasteiger charge is -2.16. The SMILES string of the molecule is Cc1ccc(C2=C(Cl)C(=O)N(c3ccc(Cl)c(Cl)c3)C2=O)c(C)c1. The number of rotatable bonds is 2. The Morgan fingerprint density at radius 1 is 0.833 bits per heavy atom. The Balaban J connectivity index is 2.09. The van der Waals surface area contributed by atoms with Crippen molar-refractivity contribution >= 4 is 57.9 Å². The van der Waals surface area contributed by atoms with Gasteiger partial charge in [0, 0.05) is 0 Å². The first kappa shape index (κ1) is 17.0. The molecule has 0 aromatic heterocycles. The normalized spacial score (nSPS) is 14.8. The number of hydrogen-bond donors (Lipinski definition) is 0. The summed E-state index contributed by atoms with van der Waals surface area (Å²) in [5.41, 5.74) is 3.11. The molecule has 2 amide bonds. The number of hydrogen-bond acceptors (Lipinski definition) is 2. The highest BCUT2D eigenvalue weighted by Gasteiger charge is 2.39. The van der Waals surface area contributed by atoms with E-state index in [1.165, 1.54) is 12.1 Å². The predicted molar refractivity (Wildman–Crippen MR) is 97.6 cm³/mol. The molecule has 2 aromatic carbocycles. The van der Waals surface area contributed by atoms with Crippen molar-refractivity contribution in [2.75, 3.05) is 4.90 Å². The molecule has 0 saturated heterocycles. The molecule has 0 fully saturated rings. The molecule has 0 unspecified atom stereocenters. The number of anilines is 1. The van der Waals surface area contributed by atoms with Crippen molar-refractivity contribution in [1.29, 1.82) is 0 Å². The number of nitrogens with zero attached hydrogens (tertiary/aromatic N) is 1. The molecule has 0 saturated carbocycles. The molecule has 1 aliphatic rings. The van der Waals surface area contributed by atoms with E-state index in [2.05, 4.69) is 0 Å². The second-order valence-electron chi connectivity index (χ2n) is 5.55. The fraction of sp³-hybridized carbons (Fsp3) is 0.111. The first-order valence-electron chi connectivity index (χ1n) is 7.12. The highest BCUT2D eigenvalue weighted by Crippen LogP contribution is 2.37. The van der Waals surface area contributed by atoms with E-state index in [0.717, 1.165) is 16.0 Å². The molecular formula is C18H12Cl3NO2. The average molecular weight is 381 g/mol. The van der Waals surface area contributed by atoms with Crippen molar-refractivity contribution in [2.45, 2.75) is 13.8 Å². The van der Waals surface area contributed by atoms with Crippen molar-refractivity contribution in [2.24, 2.45) is 0 Å². The van der Waals surface area contributed by atoms with Gasteiger partial charge in [0.15, 0.2) is 0 Å². The zero-order valence-electron chi connectivity index (χ0n) is 12.9. The Hall–Kier alpha value is -1.81. The van der Waals surface area contributed by atoms with E-state index < -0.39 is 11.8 Å². The minimum absolute atomic E-state index is 0.0991. The Labute approximate surface area is 154 Å². The van der Waals surface area contributed by atoms with Gasteiger partial charge in [0.1, 0.15) is 5.03 Å². The molecule has 3 rings (SSSR count). The van der Waals surface area contributed by atoms with Crippen LogP contribution in [0.25, 0.3) is 5.57 Å². The maximum absolute atomic E-state index is 12.8. The lowest BCUT2D eigenvalue weighted by atomic mass is 9.99. The summed E-state index contributed by atoms with van der Waals surface area (Å²) in [5, 5.41) is 0.497. The number of aryl methyl sites for hydroxylation is 2. The molecule has 1 aliphatic heterocycles. The van der Waals surface area contributed by atoms with E-state index in [0.29, 0.717) is 16.3 Å². The highest BCUT2D eigenvalue weighted by atomic mass is 35.5. The van der Waals surface area contributed by atoms with Gasteiger partial charge in [-0.2, -0.15) is 0 Å². The summed E-state index contributed by atoms with van der Waals surface area (Å²) in [5.74, 6) is -1.05. The number of imide groups is 1. The maximum Gasteiger partial charge on any atom is 0.277 e. The fourth-order valence-electron chi connectivity index (χ4n) is 2.69. The molecule has 24 heavy (non-hydrogen) atoms. The average Bonchev–Trinajstić information content (AvgIpc) is 2.73. The highest BCUT2D eigenvalue weighted by molar-refractivity contribution is 6.60. The lowest BCUT2D eigenvalue weighted by molar-refractivity contribution is -0.119. The minimum atomic E-state index is -0.574. The van der Waals surface area contributed by atoms with Crippen LogP contribution in [-0.2, 0) is 9.59 Å². The summed E-state index contributed by atoms with van der Waals surface area (Å²) in [6, 6.07) is 10.2. The van der Waals surface area contributed by atoms with Crippen LogP contribution in [0.3, 0.4) is 0 Å². The van der Waals surface area contributed by atoms with Gasteiger partial charge in [-0.1, -0.05) is 58.6 Å². The summed E-state index contributed by atoms with van der Waals surface area (Å²) in [7, 11) is 0. The van der Waals surface area contributed by atoms with Crippen molar-refractivity contribution in [3.05, 3.63) is 68.2 Å². The first-order valence-corrected chi connectivity index (χ1v) is 8.26. The third kappa shape index (κ3) is 2.73. The molecule has 6 heteroatoms. The Morgan fingerprint density at radius 2 is 1.54 bits per heavy atom. The van der Waals surface area contributed by atoms with Crippen LogP contribution in [0.15, 0.2) is 41.4 Å². The lowest BCUT2D eigenvalue weighted by Crippen LogP contribution is -2.31. The molecule has 0 atom stereocenters. The largest absolute Gasteiger partial charge is 0.277 e. The van der Waals surface area contributed by atoms with E-state index >= 15 is 0 Å². The third-order valence-corrected chi connectivity index (χ3v) is 4.93. The summed E-state index contributed by atoms with van der Waals surface area (Å²) in [6.07, 6.45) is 0. The standard InChI is InChI=1S/C18H12Cl3NO2/c1-9-3-5-12(10(2)7-9)15-16(21)18(24)22(17(15)23)11-4-6-13(19)14(20)8-11/h3-8H,1-2H3. The van der Waals surface area contributed by atoms with Gasteiger partial charge in [0.25, 0.3) is 11.8 Å². The van der Waals surface area contributed by atoms with Crippen LogP contribution in [0.5, 0.6) is 0 Å². The van der Waals surface area contributed by atoms with Crippen LogP contribution >= 0.6 is 34.8 Å². The second-order valence-corrected chi connectivity index (χ2v) is 6.74. The first-order chi connectivity index (χ1) is 11.3. The van der Waals surface area contributed by atoms with Gasteiger partial charge >= 0.3 is 0 Å². The smallest absolute Gasteiger partial charge is 0.268 e. The summed E-state index contributed by atoms with van der Waals surface area (Å²) in [4.78, 5) is 26.4. The molecular weight excluding hydrogens is 369 g/mol. The van der Waals surface area contributed by atoms with Crippen LogP contribution in [-0.4, -0.2) is 11.8 Å². The fourth-order valence-corrected chi connectivity index (χ4v) is 3.25. The number of amides is 2. The van der Waals surface area contributed by atoms with E-state index in [4.69, 9.17) is 34.8 Å². The molecule has 1 heterocycles. The number of halogens is 3. The van der Waals surface area contributed by atoms with Gasteiger partial charge in [0.2, 0.25) is 0 Å². The van der Waals surface area contributed by atoms with E-state index in [-0.39, 0.29) is 15.6 Å². The molecule has 0 spiro atoms. The molecule has 0 bridgehead atoms. The minimum Gasteiger partial charge on any atom is -0.268 e. The summed E-state index contributed by atoms with van der Waals surface area (Å²) >= 11 is 18.1. The van der Waals surface area contributed by atoms with Crippen molar-refractivity contribution < 1.29 is 9.59 Å². The van der Waals surface area contributed by atoms with Crippen LogP contribution in [0.1, 0.15) is 16.7 Å². The quantitative estimate of drug-likeness (QED) is 0.677. The van der Waals surface area contributed by atoms with Crippen molar-refractivity contribution in [1.82, 2.24) is 0 Å². The predicted octanol–water partition coefficient (Wildman–Crippen LogP) is 5.13. The monoisotopic (exact) mass is 379 g/mol. The molecule has 0 radical (unpaired) electrons. The van der Waals surface area contributed by atoms with Crippen LogP contribution in [0.2, 0.25) is 10.0 Å². The maximum atomic E-state index is 12.8. The van der Waals surface area contributed by atoms with E-state index in [1.54, 1.807) is 12.1 Å². The Morgan fingerprint density at radius 3 is 2.17 bits per heavy atom. The van der Waals surface area contributed by atoms with Crippen molar-refractivity contribution in [3.63, 3.8) is 0 Å². The van der Waals surface area contributed by atoms with Gasteiger partial charge in [-0.25, -0.2) is 4.90 Å². The third-order valence-electron chi connectivity index (χ3n) is 3.84. The number of benzene rings is 2. The van der Waals surface area contributed by atoms with Gasteiger partial charge in [-0.15, -0.1) is 0 Å². The van der Waals surface area contributed by atoms with Crippen LogP contribution in [0, 0.1) is 13.8 Å². The van der Waals surface area contributed by atoms with Crippen LogP contribution < -0.4 is 4.90 Å². The van der Waals surface area contributed by atoms with Crippen molar-refractivity contribution in [3.8, 4) is 0 Å². The Bertz CT molecular complexity index is 918. The molecule has 122 valence electrons. The van der Waals surface area contributed by atoms with Gasteiger partial charge < -0.3 is 0 Å². The molecule has 0 N–H and O–H groups in total. The molecule has 3 nitrogen and oxygen atoms in total. The topological polar surface area (TPSA) is 37.4 Å². The molecule has 2 aromatic rings. The van der Waals surface area contributed by atoms with Gasteiger partial charge in [0.05, 0.1) is 21.3 Å². The zero-order chi connectivity index (χ0) is 17.6. The van der Waals surface area contributed by atoms with Gasteiger partial charge in [-0.3, -0.25) is 9.59 Å². The number of carbonyl (C=O) groups is 2. The number of carbonyl (C=O) groups excluding carboxylic acids is 2. The summed E-state index contributed by atoms with van der Waals surface area (Å²) in [6.45, 7) is 3.83. The second kappa shape index (κ2) is 6.25.